The van der Waals surface area contributed by atoms with Crippen LogP contribution in [0.2, 0.25) is 0 Å². The number of fused-ring (bicyclic) bond motifs is 3. The molecule has 0 saturated carbocycles. The average molecular weight is 778 g/mol. The molecule has 61 heavy (non-hydrogen) atoms. The zero-order chi connectivity index (χ0) is 40.5. The zero-order valence-corrected chi connectivity index (χ0v) is 33.9. The SMILES string of the molecule is c1ccc(Cc2ccccc2-c2c(Cc3ccccc3)cccc2N(c2ccc(-c3ccccc3)cc2)c2ccc(-c3ccc4c5c(cccc35)-c3ccccc3-4)cc2)cc1. The third-order valence-electron chi connectivity index (χ3n) is 12.3. The lowest BCUT2D eigenvalue weighted by atomic mass is 9.88. The molecule has 0 amide bonds. The largest absolute Gasteiger partial charge is 0.310 e. The molecular weight excluding hydrogens is 735 g/mol. The fourth-order valence-corrected chi connectivity index (χ4v) is 9.49. The van der Waals surface area contributed by atoms with E-state index >= 15 is 0 Å². The summed E-state index contributed by atoms with van der Waals surface area (Å²) in [6, 6.07) is 86.7. The van der Waals surface area contributed by atoms with Gasteiger partial charge in [0.2, 0.25) is 0 Å². The molecule has 0 heterocycles. The van der Waals surface area contributed by atoms with Crippen molar-refractivity contribution in [3.05, 3.63) is 259 Å². The molecule has 0 N–H and O–H groups in total. The van der Waals surface area contributed by atoms with E-state index in [0.717, 1.165) is 29.9 Å². The fraction of sp³-hybridized carbons (Fsp3) is 0.0333. The Hall–Kier alpha value is -7.74. The van der Waals surface area contributed by atoms with Gasteiger partial charge < -0.3 is 4.90 Å². The van der Waals surface area contributed by atoms with Crippen LogP contribution in [0.25, 0.3) is 66.4 Å². The van der Waals surface area contributed by atoms with E-state index in [1.165, 1.54) is 88.7 Å². The van der Waals surface area contributed by atoms with Crippen LogP contribution in [0.3, 0.4) is 0 Å². The molecule has 0 spiro atoms. The normalized spacial score (nSPS) is 11.4. The van der Waals surface area contributed by atoms with Gasteiger partial charge in [0.25, 0.3) is 0 Å². The van der Waals surface area contributed by atoms with Crippen molar-refractivity contribution in [2.24, 2.45) is 0 Å². The quantitative estimate of drug-likeness (QED) is 0.134. The van der Waals surface area contributed by atoms with Crippen molar-refractivity contribution >= 4 is 27.8 Å². The molecule has 0 aliphatic heterocycles. The van der Waals surface area contributed by atoms with E-state index in [1.807, 2.05) is 0 Å². The van der Waals surface area contributed by atoms with Gasteiger partial charge >= 0.3 is 0 Å². The smallest absolute Gasteiger partial charge is 0.0543 e. The maximum atomic E-state index is 2.46. The van der Waals surface area contributed by atoms with Crippen LogP contribution in [0.4, 0.5) is 17.1 Å². The molecule has 0 atom stereocenters. The van der Waals surface area contributed by atoms with Gasteiger partial charge in [0.05, 0.1) is 5.69 Å². The minimum atomic E-state index is 0.818. The van der Waals surface area contributed by atoms with Crippen LogP contribution in [-0.4, -0.2) is 0 Å². The second-order valence-electron chi connectivity index (χ2n) is 16.0. The summed E-state index contributed by atoms with van der Waals surface area (Å²) in [5.41, 5.74) is 21.2. The summed E-state index contributed by atoms with van der Waals surface area (Å²) in [6.45, 7) is 0. The molecule has 0 aromatic heterocycles. The molecular formula is C60H43N. The highest BCUT2D eigenvalue weighted by Gasteiger charge is 2.24. The van der Waals surface area contributed by atoms with E-state index in [1.54, 1.807) is 0 Å². The fourth-order valence-electron chi connectivity index (χ4n) is 9.49. The molecule has 0 saturated heterocycles. The first-order valence-electron chi connectivity index (χ1n) is 21.3. The summed E-state index contributed by atoms with van der Waals surface area (Å²) in [4.78, 5) is 2.46. The van der Waals surface area contributed by atoms with Gasteiger partial charge in [0, 0.05) is 16.9 Å². The second-order valence-corrected chi connectivity index (χ2v) is 16.0. The lowest BCUT2D eigenvalue weighted by molar-refractivity contribution is 1.16. The van der Waals surface area contributed by atoms with Crippen molar-refractivity contribution in [2.75, 3.05) is 4.90 Å². The Morgan fingerprint density at radius 2 is 0.738 bits per heavy atom. The van der Waals surface area contributed by atoms with Crippen LogP contribution in [0.15, 0.2) is 237 Å². The Morgan fingerprint density at radius 3 is 1.39 bits per heavy atom. The highest BCUT2D eigenvalue weighted by molar-refractivity contribution is 6.18. The van der Waals surface area contributed by atoms with Crippen molar-refractivity contribution in [1.29, 1.82) is 0 Å². The molecule has 10 aromatic carbocycles. The van der Waals surface area contributed by atoms with E-state index in [4.69, 9.17) is 0 Å². The molecule has 1 aliphatic carbocycles. The summed E-state index contributed by atoms with van der Waals surface area (Å²) in [5, 5.41) is 2.64. The van der Waals surface area contributed by atoms with E-state index < -0.39 is 0 Å². The number of anilines is 3. The minimum Gasteiger partial charge on any atom is -0.310 e. The Bertz CT molecular complexity index is 3120. The summed E-state index contributed by atoms with van der Waals surface area (Å²) in [6.07, 6.45) is 1.66. The number of hydrogen-bond donors (Lipinski definition) is 0. The molecule has 1 heteroatoms. The first kappa shape index (κ1) is 36.3. The van der Waals surface area contributed by atoms with E-state index in [2.05, 4.69) is 241 Å². The Labute approximate surface area is 358 Å². The molecule has 0 unspecified atom stereocenters. The maximum absolute atomic E-state index is 2.46. The predicted molar refractivity (Wildman–Crippen MR) is 258 cm³/mol. The van der Waals surface area contributed by atoms with E-state index in [0.29, 0.717) is 0 Å². The van der Waals surface area contributed by atoms with Gasteiger partial charge in [-0.2, -0.15) is 0 Å². The summed E-state index contributed by atoms with van der Waals surface area (Å²) < 4.78 is 0. The first-order valence-corrected chi connectivity index (χ1v) is 21.3. The number of hydrogen-bond acceptors (Lipinski definition) is 1. The lowest BCUT2D eigenvalue weighted by Gasteiger charge is -2.30. The highest BCUT2D eigenvalue weighted by Crippen LogP contribution is 2.50. The minimum absolute atomic E-state index is 0.818. The monoisotopic (exact) mass is 777 g/mol. The average Bonchev–Trinajstić information content (AvgIpc) is 3.66. The van der Waals surface area contributed by atoms with Crippen LogP contribution in [0.1, 0.15) is 22.3 Å². The predicted octanol–water partition coefficient (Wildman–Crippen LogP) is 16.1. The molecule has 0 fully saturated rings. The molecule has 0 radical (unpaired) electrons. The molecule has 0 bridgehead atoms. The molecule has 1 nitrogen and oxygen atoms in total. The summed E-state index contributed by atoms with van der Waals surface area (Å²) in [7, 11) is 0. The van der Waals surface area contributed by atoms with Gasteiger partial charge in [-0.25, -0.2) is 0 Å². The Morgan fingerprint density at radius 1 is 0.279 bits per heavy atom. The van der Waals surface area contributed by atoms with Gasteiger partial charge in [-0.05, 0) is 126 Å². The molecule has 11 rings (SSSR count). The van der Waals surface area contributed by atoms with Crippen molar-refractivity contribution in [3.8, 4) is 55.6 Å². The van der Waals surface area contributed by atoms with Crippen LogP contribution in [0.5, 0.6) is 0 Å². The van der Waals surface area contributed by atoms with Crippen LogP contribution >= 0.6 is 0 Å². The van der Waals surface area contributed by atoms with E-state index in [9.17, 15) is 0 Å². The van der Waals surface area contributed by atoms with Gasteiger partial charge in [0.15, 0.2) is 0 Å². The number of benzene rings is 10. The topological polar surface area (TPSA) is 3.24 Å². The lowest BCUT2D eigenvalue weighted by Crippen LogP contribution is -2.13. The van der Waals surface area contributed by atoms with Crippen molar-refractivity contribution < 1.29 is 0 Å². The molecule has 10 aromatic rings. The van der Waals surface area contributed by atoms with E-state index in [-0.39, 0.29) is 0 Å². The Kier molecular flexibility index (Phi) is 9.41. The summed E-state index contributed by atoms with van der Waals surface area (Å²) in [5.74, 6) is 0. The second kappa shape index (κ2) is 15.8. The van der Waals surface area contributed by atoms with Gasteiger partial charge in [-0.1, -0.05) is 206 Å². The number of rotatable bonds is 10. The van der Waals surface area contributed by atoms with Gasteiger partial charge in [-0.15, -0.1) is 0 Å². The van der Waals surface area contributed by atoms with Crippen LogP contribution < -0.4 is 4.90 Å². The first-order chi connectivity index (χ1) is 30.3. The van der Waals surface area contributed by atoms with Gasteiger partial charge in [0.1, 0.15) is 0 Å². The maximum Gasteiger partial charge on any atom is 0.0543 e. The molecule has 1 aliphatic rings. The Balaban J connectivity index is 1.08. The third-order valence-corrected chi connectivity index (χ3v) is 12.3. The van der Waals surface area contributed by atoms with Crippen LogP contribution in [0, 0.1) is 0 Å². The standard InChI is InChI=1S/C60H43N/c1-4-16-42(17-5-1)40-47-22-10-11-24-52(47)59-48(41-43-18-6-2-7-19-43)23-14-29-58(59)61(49-34-30-45(31-35-49)44-20-8-3-9-21-44)50-36-32-46(33-37-50)51-38-39-57-54-26-13-12-25-53(54)56-28-15-27-55(51)60(56)57/h1-39H,40-41H2. The van der Waals surface area contributed by atoms with Crippen molar-refractivity contribution in [1.82, 2.24) is 0 Å². The summed E-state index contributed by atoms with van der Waals surface area (Å²) >= 11 is 0. The van der Waals surface area contributed by atoms with Crippen LogP contribution in [-0.2, 0) is 12.8 Å². The van der Waals surface area contributed by atoms with Gasteiger partial charge in [-0.3, -0.25) is 0 Å². The highest BCUT2D eigenvalue weighted by atomic mass is 15.1. The van der Waals surface area contributed by atoms with Crippen molar-refractivity contribution in [3.63, 3.8) is 0 Å². The number of nitrogens with zero attached hydrogens (tertiary/aromatic N) is 1. The molecule has 288 valence electrons. The third kappa shape index (κ3) is 6.81. The van der Waals surface area contributed by atoms with Crippen molar-refractivity contribution in [2.45, 2.75) is 12.8 Å². The zero-order valence-electron chi connectivity index (χ0n) is 33.9.